The van der Waals surface area contributed by atoms with Crippen molar-refractivity contribution in [1.82, 2.24) is 25.7 Å². The van der Waals surface area contributed by atoms with Crippen molar-refractivity contribution in [2.75, 3.05) is 19.6 Å². The van der Waals surface area contributed by atoms with E-state index in [1.165, 1.54) is 0 Å². The lowest BCUT2D eigenvalue weighted by Gasteiger charge is -2.32. The molecule has 25 heavy (non-hydrogen) atoms. The molecule has 2 atom stereocenters. The summed E-state index contributed by atoms with van der Waals surface area (Å²) in [6, 6.07) is 3.83. The lowest BCUT2D eigenvalue weighted by molar-refractivity contribution is -0.121. The van der Waals surface area contributed by atoms with Gasteiger partial charge in [0, 0.05) is 19.5 Å². The van der Waals surface area contributed by atoms with Gasteiger partial charge in [0.2, 0.25) is 11.8 Å². The SMILES string of the molecule is Cc1nc(CN2CCC[C@@H](NCC(=O)N[C@@H](C)c3ccco3)C2)no1. The third kappa shape index (κ3) is 5.14. The molecule has 0 aliphatic carbocycles. The number of rotatable bonds is 7. The molecule has 2 aromatic heterocycles. The number of nitrogens with one attached hydrogen (secondary N) is 2. The number of carbonyl (C=O) groups excluding carboxylic acids is 1. The summed E-state index contributed by atoms with van der Waals surface area (Å²) in [4.78, 5) is 18.6. The van der Waals surface area contributed by atoms with E-state index >= 15 is 0 Å². The third-order valence-electron chi connectivity index (χ3n) is 4.34. The Morgan fingerprint density at radius 3 is 3.12 bits per heavy atom. The zero-order valence-corrected chi connectivity index (χ0v) is 14.7. The van der Waals surface area contributed by atoms with Crippen LogP contribution in [0.1, 0.15) is 43.3 Å². The van der Waals surface area contributed by atoms with Crippen molar-refractivity contribution in [1.29, 1.82) is 0 Å². The van der Waals surface area contributed by atoms with E-state index in [1.807, 2.05) is 19.1 Å². The largest absolute Gasteiger partial charge is 0.467 e. The topological polar surface area (TPSA) is 96.4 Å². The summed E-state index contributed by atoms with van der Waals surface area (Å²) in [7, 11) is 0. The van der Waals surface area contributed by atoms with Gasteiger partial charge in [-0.2, -0.15) is 4.98 Å². The third-order valence-corrected chi connectivity index (χ3v) is 4.34. The van der Waals surface area contributed by atoms with Crippen LogP contribution in [-0.2, 0) is 11.3 Å². The van der Waals surface area contributed by atoms with Crippen molar-refractivity contribution in [2.45, 2.75) is 45.3 Å². The molecule has 2 aromatic rings. The number of likely N-dealkylation sites (tertiary alicyclic amines) is 1. The number of carbonyl (C=O) groups is 1. The highest BCUT2D eigenvalue weighted by molar-refractivity contribution is 5.78. The number of hydrogen-bond acceptors (Lipinski definition) is 7. The summed E-state index contributed by atoms with van der Waals surface area (Å²) < 4.78 is 10.3. The quantitative estimate of drug-likeness (QED) is 0.781. The fraction of sp³-hybridized carbons (Fsp3) is 0.588. The molecule has 0 saturated carbocycles. The van der Waals surface area contributed by atoms with Crippen LogP contribution < -0.4 is 10.6 Å². The van der Waals surface area contributed by atoms with E-state index in [9.17, 15) is 4.79 Å². The fourth-order valence-corrected chi connectivity index (χ4v) is 3.11. The number of amides is 1. The highest BCUT2D eigenvalue weighted by atomic mass is 16.5. The van der Waals surface area contributed by atoms with Gasteiger partial charge >= 0.3 is 0 Å². The first-order chi connectivity index (χ1) is 12.1. The molecular formula is C17H25N5O3. The fourth-order valence-electron chi connectivity index (χ4n) is 3.11. The van der Waals surface area contributed by atoms with E-state index in [2.05, 4.69) is 25.7 Å². The first-order valence-corrected chi connectivity index (χ1v) is 8.68. The van der Waals surface area contributed by atoms with Gasteiger partial charge in [-0.15, -0.1) is 0 Å². The molecule has 136 valence electrons. The molecule has 8 heteroatoms. The minimum atomic E-state index is -0.131. The molecule has 8 nitrogen and oxygen atoms in total. The molecule has 1 saturated heterocycles. The Morgan fingerprint density at radius 1 is 1.52 bits per heavy atom. The number of nitrogens with zero attached hydrogens (tertiary/aromatic N) is 3. The zero-order chi connectivity index (χ0) is 17.6. The van der Waals surface area contributed by atoms with Crippen LogP contribution >= 0.6 is 0 Å². The van der Waals surface area contributed by atoms with Crippen LogP contribution in [0, 0.1) is 6.92 Å². The minimum absolute atomic E-state index is 0.0326. The number of furan rings is 1. The van der Waals surface area contributed by atoms with Gasteiger partial charge in [0.15, 0.2) is 5.82 Å². The van der Waals surface area contributed by atoms with Gasteiger partial charge in [0.05, 0.1) is 25.4 Å². The van der Waals surface area contributed by atoms with E-state index in [0.717, 1.165) is 31.7 Å². The Balaban J connectivity index is 1.40. The maximum atomic E-state index is 12.1. The highest BCUT2D eigenvalue weighted by Crippen LogP contribution is 2.13. The second-order valence-electron chi connectivity index (χ2n) is 6.49. The standard InChI is InChI=1S/C17H25N5O3/c1-12(15-6-4-8-24-15)19-17(23)9-18-14-5-3-7-22(10-14)11-16-20-13(2)25-21-16/h4,6,8,12,14,18H,3,5,7,9-11H2,1-2H3,(H,19,23)/t12-,14+/m0/s1. The summed E-state index contributed by atoms with van der Waals surface area (Å²) in [5, 5.41) is 10.2. The molecule has 3 heterocycles. The van der Waals surface area contributed by atoms with E-state index in [4.69, 9.17) is 8.94 Å². The molecule has 1 aliphatic rings. The average molecular weight is 347 g/mol. The Bertz CT molecular complexity index is 670. The number of aryl methyl sites for hydroxylation is 1. The van der Waals surface area contributed by atoms with E-state index in [0.29, 0.717) is 24.8 Å². The molecule has 3 rings (SSSR count). The van der Waals surface area contributed by atoms with Crippen LogP contribution in [0.25, 0.3) is 0 Å². The first-order valence-electron chi connectivity index (χ1n) is 8.68. The van der Waals surface area contributed by atoms with Crippen LogP contribution in [0.5, 0.6) is 0 Å². The van der Waals surface area contributed by atoms with Crippen molar-refractivity contribution in [3.63, 3.8) is 0 Å². The van der Waals surface area contributed by atoms with E-state index in [-0.39, 0.29) is 18.0 Å². The smallest absolute Gasteiger partial charge is 0.234 e. The molecule has 0 radical (unpaired) electrons. The Kier molecular flexibility index (Phi) is 5.83. The van der Waals surface area contributed by atoms with Gasteiger partial charge in [-0.05, 0) is 38.4 Å². The maximum Gasteiger partial charge on any atom is 0.234 e. The number of piperidine rings is 1. The predicted molar refractivity (Wildman–Crippen MR) is 90.6 cm³/mol. The molecular weight excluding hydrogens is 322 g/mol. The summed E-state index contributed by atoms with van der Waals surface area (Å²) in [5.41, 5.74) is 0. The van der Waals surface area contributed by atoms with Crippen molar-refractivity contribution >= 4 is 5.91 Å². The van der Waals surface area contributed by atoms with Crippen LogP contribution in [0.15, 0.2) is 27.3 Å². The van der Waals surface area contributed by atoms with Gasteiger partial charge in [0.25, 0.3) is 0 Å². The minimum Gasteiger partial charge on any atom is -0.467 e. The summed E-state index contributed by atoms with van der Waals surface area (Å²) in [5.74, 6) is 2.02. The molecule has 0 spiro atoms. The van der Waals surface area contributed by atoms with Crippen LogP contribution in [0.3, 0.4) is 0 Å². The summed E-state index contributed by atoms with van der Waals surface area (Å²) >= 11 is 0. The predicted octanol–water partition coefficient (Wildman–Crippen LogP) is 1.40. The van der Waals surface area contributed by atoms with Gasteiger partial charge in [-0.1, -0.05) is 5.16 Å². The molecule has 0 bridgehead atoms. The van der Waals surface area contributed by atoms with Crippen LogP contribution in [-0.4, -0.2) is 46.6 Å². The van der Waals surface area contributed by atoms with Gasteiger partial charge in [0.1, 0.15) is 5.76 Å². The molecule has 1 fully saturated rings. The first kappa shape index (κ1) is 17.6. The maximum absolute atomic E-state index is 12.1. The van der Waals surface area contributed by atoms with E-state index < -0.39 is 0 Å². The monoisotopic (exact) mass is 347 g/mol. The normalized spacial score (nSPS) is 19.7. The van der Waals surface area contributed by atoms with E-state index in [1.54, 1.807) is 13.2 Å². The Labute approximate surface area is 146 Å². The Hall–Kier alpha value is -2.19. The Morgan fingerprint density at radius 2 is 2.40 bits per heavy atom. The van der Waals surface area contributed by atoms with Crippen molar-refractivity contribution in [2.24, 2.45) is 0 Å². The van der Waals surface area contributed by atoms with Crippen molar-refractivity contribution in [3.05, 3.63) is 35.9 Å². The highest BCUT2D eigenvalue weighted by Gasteiger charge is 2.22. The average Bonchev–Trinajstić information content (AvgIpc) is 3.25. The summed E-state index contributed by atoms with van der Waals surface area (Å²) in [6.07, 6.45) is 3.75. The van der Waals surface area contributed by atoms with Crippen LogP contribution in [0.4, 0.5) is 0 Å². The van der Waals surface area contributed by atoms with Crippen molar-refractivity contribution < 1.29 is 13.7 Å². The van der Waals surface area contributed by atoms with Gasteiger partial charge in [-0.3, -0.25) is 9.69 Å². The lowest BCUT2D eigenvalue weighted by Crippen LogP contribution is -2.48. The molecule has 1 amide bonds. The second-order valence-corrected chi connectivity index (χ2v) is 6.49. The molecule has 2 N–H and O–H groups in total. The number of aromatic nitrogens is 2. The van der Waals surface area contributed by atoms with Gasteiger partial charge in [-0.25, -0.2) is 0 Å². The molecule has 0 unspecified atom stereocenters. The van der Waals surface area contributed by atoms with Gasteiger partial charge < -0.3 is 19.6 Å². The van der Waals surface area contributed by atoms with Crippen molar-refractivity contribution in [3.8, 4) is 0 Å². The van der Waals surface area contributed by atoms with Crippen LogP contribution in [0.2, 0.25) is 0 Å². The zero-order valence-electron chi connectivity index (χ0n) is 14.7. The molecule has 0 aromatic carbocycles. The summed E-state index contributed by atoms with van der Waals surface area (Å²) in [6.45, 7) is 6.55. The molecule has 1 aliphatic heterocycles. The lowest BCUT2D eigenvalue weighted by atomic mass is 10.1. The second kappa shape index (κ2) is 8.26. The number of hydrogen-bond donors (Lipinski definition) is 2.